The highest BCUT2D eigenvalue weighted by Crippen LogP contribution is 2.15. The molecule has 1 aliphatic rings. The van der Waals surface area contributed by atoms with E-state index in [1.165, 1.54) is 0 Å². The predicted molar refractivity (Wildman–Crippen MR) is 78.6 cm³/mol. The van der Waals surface area contributed by atoms with E-state index in [1.54, 1.807) is 6.92 Å². The number of likely N-dealkylation sites (N-methyl/N-ethyl adjacent to an activating group) is 1. The van der Waals surface area contributed by atoms with E-state index in [1.807, 2.05) is 0 Å². The number of carbonyl (C=O) groups is 1. The van der Waals surface area contributed by atoms with Crippen LogP contribution < -0.4 is 5.32 Å². The quantitative estimate of drug-likeness (QED) is 0.785. The summed E-state index contributed by atoms with van der Waals surface area (Å²) >= 11 is 0. The first-order chi connectivity index (χ1) is 10.1. The van der Waals surface area contributed by atoms with Gasteiger partial charge in [0, 0.05) is 32.6 Å². The van der Waals surface area contributed by atoms with E-state index in [-0.39, 0.29) is 5.91 Å². The number of hydrogen-bond donors (Lipinski definition) is 1. The molecule has 1 N–H and O–H groups in total. The minimum absolute atomic E-state index is 0.119. The lowest BCUT2D eigenvalue weighted by Crippen LogP contribution is -2.39. The number of nitrogens with one attached hydrogen (secondary N) is 1. The number of nitrogens with zero attached hydrogens (tertiary/aromatic N) is 4. The van der Waals surface area contributed by atoms with E-state index in [4.69, 9.17) is 4.52 Å². The standard InChI is InChI=1S/C14H25N5O2/c1-4-6-15-14(20)10-19-7-5-12(8-19)18(3)9-13-16-11(2)21-17-13/h12H,4-10H2,1-3H3,(H,15,20)/t12-/m1/s1. The fourth-order valence-corrected chi connectivity index (χ4v) is 2.60. The summed E-state index contributed by atoms with van der Waals surface area (Å²) in [5.41, 5.74) is 0. The molecule has 0 spiro atoms. The van der Waals surface area contributed by atoms with E-state index in [0.717, 1.165) is 32.5 Å². The Labute approximate surface area is 125 Å². The zero-order valence-corrected chi connectivity index (χ0v) is 13.1. The van der Waals surface area contributed by atoms with Crippen LogP contribution in [0, 0.1) is 6.92 Å². The largest absolute Gasteiger partial charge is 0.355 e. The van der Waals surface area contributed by atoms with Gasteiger partial charge in [-0.05, 0) is 19.9 Å². The van der Waals surface area contributed by atoms with E-state index in [2.05, 4.69) is 39.2 Å². The third-order valence-corrected chi connectivity index (χ3v) is 3.77. The molecule has 0 unspecified atom stereocenters. The van der Waals surface area contributed by atoms with E-state index in [0.29, 0.717) is 30.8 Å². The second kappa shape index (κ2) is 7.51. The molecule has 7 nitrogen and oxygen atoms in total. The molecular formula is C14H25N5O2. The second-order valence-corrected chi connectivity index (χ2v) is 5.67. The second-order valence-electron chi connectivity index (χ2n) is 5.67. The van der Waals surface area contributed by atoms with E-state index >= 15 is 0 Å². The first kappa shape index (κ1) is 15.9. The van der Waals surface area contributed by atoms with Crippen LogP contribution in [0.15, 0.2) is 4.52 Å². The minimum atomic E-state index is 0.119. The molecular weight excluding hydrogens is 270 g/mol. The zero-order valence-electron chi connectivity index (χ0n) is 13.1. The molecule has 1 amide bonds. The number of likely N-dealkylation sites (tertiary alicyclic amines) is 1. The Bertz CT molecular complexity index is 462. The smallest absolute Gasteiger partial charge is 0.234 e. The molecule has 0 aliphatic carbocycles. The average Bonchev–Trinajstić information content (AvgIpc) is 3.06. The van der Waals surface area contributed by atoms with Crippen molar-refractivity contribution in [1.82, 2.24) is 25.3 Å². The summed E-state index contributed by atoms with van der Waals surface area (Å²) < 4.78 is 4.99. The van der Waals surface area contributed by atoms with Gasteiger partial charge in [-0.25, -0.2) is 0 Å². The lowest BCUT2D eigenvalue weighted by Gasteiger charge is -2.23. The number of aromatic nitrogens is 2. The molecule has 21 heavy (non-hydrogen) atoms. The number of aryl methyl sites for hydroxylation is 1. The summed E-state index contributed by atoms with van der Waals surface area (Å²) in [7, 11) is 2.07. The summed E-state index contributed by atoms with van der Waals surface area (Å²) in [6.45, 7) is 7.65. The van der Waals surface area contributed by atoms with Gasteiger partial charge in [0.05, 0.1) is 13.1 Å². The molecule has 0 radical (unpaired) electrons. The molecule has 1 atom stereocenters. The van der Waals surface area contributed by atoms with Crippen molar-refractivity contribution in [3.8, 4) is 0 Å². The van der Waals surface area contributed by atoms with Crippen molar-refractivity contribution in [2.75, 3.05) is 33.2 Å². The first-order valence-corrected chi connectivity index (χ1v) is 7.57. The maximum absolute atomic E-state index is 11.7. The monoisotopic (exact) mass is 295 g/mol. The molecule has 2 heterocycles. The van der Waals surface area contributed by atoms with Crippen molar-refractivity contribution in [3.05, 3.63) is 11.7 Å². The molecule has 0 saturated carbocycles. The Kier molecular flexibility index (Phi) is 5.69. The van der Waals surface area contributed by atoms with Gasteiger partial charge in [-0.15, -0.1) is 0 Å². The lowest BCUT2D eigenvalue weighted by atomic mass is 10.2. The molecule has 118 valence electrons. The Balaban J connectivity index is 1.75. The Morgan fingerprint density at radius 1 is 1.57 bits per heavy atom. The maximum atomic E-state index is 11.7. The average molecular weight is 295 g/mol. The Morgan fingerprint density at radius 2 is 2.38 bits per heavy atom. The van der Waals surface area contributed by atoms with Gasteiger partial charge in [-0.1, -0.05) is 12.1 Å². The van der Waals surface area contributed by atoms with Crippen molar-refractivity contribution in [1.29, 1.82) is 0 Å². The summed E-state index contributed by atoms with van der Waals surface area (Å²) in [6.07, 6.45) is 2.04. The molecule has 0 aromatic carbocycles. The number of amides is 1. The van der Waals surface area contributed by atoms with Gasteiger partial charge < -0.3 is 9.84 Å². The minimum Gasteiger partial charge on any atom is -0.355 e. The summed E-state index contributed by atoms with van der Waals surface area (Å²) in [6, 6.07) is 0.433. The molecule has 1 aromatic rings. The van der Waals surface area contributed by atoms with Crippen LogP contribution in [-0.2, 0) is 11.3 Å². The third-order valence-electron chi connectivity index (χ3n) is 3.77. The van der Waals surface area contributed by atoms with Crippen LogP contribution in [0.5, 0.6) is 0 Å². The topological polar surface area (TPSA) is 74.5 Å². The van der Waals surface area contributed by atoms with Crippen LogP contribution in [0.4, 0.5) is 0 Å². The fourth-order valence-electron chi connectivity index (χ4n) is 2.60. The molecule has 7 heteroatoms. The highest BCUT2D eigenvalue weighted by molar-refractivity contribution is 5.78. The van der Waals surface area contributed by atoms with Crippen LogP contribution in [0.1, 0.15) is 31.5 Å². The van der Waals surface area contributed by atoms with E-state index < -0.39 is 0 Å². The van der Waals surface area contributed by atoms with Gasteiger partial charge in [0.25, 0.3) is 0 Å². The fraction of sp³-hybridized carbons (Fsp3) is 0.786. The SMILES string of the molecule is CCCNC(=O)CN1CC[C@@H](N(C)Cc2noc(C)n2)C1. The summed E-state index contributed by atoms with van der Waals surface area (Å²) in [5, 5.41) is 6.84. The Morgan fingerprint density at radius 3 is 3.05 bits per heavy atom. The highest BCUT2D eigenvalue weighted by atomic mass is 16.5. The van der Waals surface area contributed by atoms with Crippen LogP contribution in [-0.4, -0.2) is 65.1 Å². The zero-order chi connectivity index (χ0) is 15.2. The maximum Gasteiger partial charge on any atom is 0.234 e. The highest BCUT2D eigenvalue weighted by Gasteiger charge is 2.27. The van der Waals surface area contributed by atoms with Crippen molar-refractivity contribution in [2.45, 2.75) is 39.3 Å². The van der Waals surface area contributed by atoms with Crippen molar-refractivity contribution < 1.29 is 9.32 Å². The van der Waals surface area contributed by atoms with Crippen molar-refractivity contribution in [3.63, 3.8) is 0 Å². The molecule has 1 saturated heterocycles. The van der Waals surface area contributed by atoms with Crippen LogP contribution in [0.25, 0.3) is 0 Å². The van der Waals surface area contributed by atoms with Crippen LogP contribution in [0.3, 0.4) is 0 Å². The third kappa shape index (κ3) is 4.78. The van der Waals surface area contributed by atoms with Crippen molar-refractivity contribution in [2.24, 2.45) is 0 Å². The predicted octanol–water partition coefficient (Wildman–Crippen LogP) is 0.410. The van der Waals surface area contributed by atoms with Gasteiger partial charge in [0.2, 0.25) is 11.8 Å². The van der Waals surface area contributed by atoms with Gasteiger partial charge in [-0.3, -0.25) is 14.6 Å². The van der Waals surface area contributed by atoms with Crippen LogP contribution >= 0.6 is 0 Å². The first-order valence-electron chi connectivity index (χ1n) is 7.57. The summed E-state index contributed by atoms with van der Waals surface area (Å²) in [4.78, 5) is 20.4. The van der Waals surface area contributed by atoms with E-state index in [9.17, 15) is 4.79 Å². The van der Waals surface area contributed by atoms with Crippen LogP contribution in [0.2, 0.25) is 0 Å². The number of hydrogen-bond acceptors (Lipinski definition) is 6. The lowest BCUT2D eigenvalue weighted by molar-refractivity contribution is -0.122. The molecule has 0 bridgehead atoms. The molecule has 1 aliphatic heterocycles. The molecule has 2 rings (SSSR count). The molecule has 1 aromatic heterocycles. The normalized spacial score (nSPS) is 19.3. The van der Waals surface area contributed by atoms with Gasteiger partial charge in [-0.2, -0.15) is 4.98 Å². The Hall–Kier alpha value is -1.47. The van der Waals surface area contributed by atoms with Crippen molar-refractivity contribution >= 4 is 5.91 Å². The van der Waals surface area contributed by atoms with Gasteiger partial charge >= 0.3 is 0 Å². The number of carbonyl (C=O) groups excluding carboxylic acids is 1. The van der Waals surface area contributed by atoms with Gasteiger partial charge in [0.1, 0.15) is 0 Å². The molecule has 1 fully saturated rings. The number of rotatable bonds is 7. The van der Waals surface area contributed by atoms with Gasteiger partial charge in [0.15, 0.2) is 5.82 Å². The summed E-state index contributed by atoms with van der Waals surface area (Å²) in [5.74, 6) is 1.43.